The molecule has 0 aliphatic carbocycles. The van der Waals surface area contributed by atoms with Crippen molar-refractivity contribution in [2.24, 2.45) is 5.73 Å². The van der Waals surface area contributed by atoms with Crippen LogP contribution in [0.3, 0.4) is 0 Å². The SMILES string of the molecule is CCCOc1cnc2cc(C(N)=O)ccc2n1. The van der Waals surface area contributed by atoms with Gasteiger partial charge in [0.25, 0.3) is 0 Å². The second-order valence-electron chi connectivity index (χ2n) is 3.62. The van der Waals surface area contributed by atoms with Crippen LogP contribution in [-0.4, -0.2) is 22.5 Å². The first-order valence-electron chi connectivity index (χ1n) is 5.40. The Bertz CT molecular complexity index is 554. The fourth-order valence-electron chi connectivity index (χ4n) is 1.42. The van der Waals surface area contributed by atoms with Crippen molar-refractivity contribution in [2.45, 2.75) is 13.3 Å². The molecule has 0 spiro atoms. The Hall–Kier alpha value is -2.17. The topological polar surface area (TPSA) is 78.1 Å². The highest BCUT2D eigenvalue weighted by molar-refractivity contribution is 5.96. The number of carbonyl (C=O) groups excluding carboxylic acids is 1. The number of amides is 1. The molecule has 2 aromatic rings. The predicted octanol–water partition coefficient (Wildman–Crippen LogP) is 1.52. The van der Waals surface area contributed by atoms with E-state index >= 15 is 0 Å². The van der Waals surface area contributed by atoms with E-state index in [1.54, 1.807) is 24.4 Å². The monoisotopic (exact) mass is 231 g/mol. The highest BCUT2D eigenvalue weighted by Crippen LogP contribution is 2.15. The molecule has 0 aliphatic heterocycles. The van der Waals surface area contributed by atoms with E-state index in [1.807, 2.05) is 6.92 Å². The first-order chi connectivity index (χ1) is 8.20. The molecular weight excluding hydrogens is 218 g/mol. The number of hydrogen-bond donors (Lipinski definition) is 1. The zero-order chi connectivity index (χ0) is 12.3. The molecule has 0 atom stereocenters. The maximum atomic E-state index is 11.0. The maximum Gasteiger partial charge on any atom is 0.248 e. The third-order valence-corrected chi connectivity index (χ3v) is 2.26. The molecule has 0 unspecified atom stereocenters. The number of ether oxygens (including phenoxy) is 1. The van der Waals surface area contributed by atoms with Crippen molar-refractivity contribution in [3.8, 4) is 5.88 Å². The lowest BCUT2D eigenvalue weighted by molar-refractivity contribution is 0.100. The summed E-state index contributed by atoms with van der Waals surface area (Å²) >= 11 is 0. The molecule has 1 heterocycles. The molecule has 5 nitrogen and oxygen atoms in total. The van der Waals surface area contributed by atoms with Crippen molar-refractivity contribution in [1.29, 1.82) is 0 Å². The number of fused-ring (bicyclic) bond motifs is 1. The molecular formula is C12H13N3O2. The summed E-state index contributed by atoms with van der Waals surface area (Å²) in [6.45, 7) is 2.63. The number of nitrogens with two attached hydrogens (primary N) is 1. The zero-order valence-corrected chi connectivity index (χ0v) is 9.51. The molecule has 2 rings (SSSR count). The van der Waals surface area contributed by atoms with Gasteiger partial charge in [-0.25, -0.2) is 9.97 Å². The second kappa shape index (κ2) is 4.78. The van der Waals surface area contributed by atoms with Gasteiger partial charge in [-0.2, -0.15) is 0 Å². The summed E-state index contributed by atoms with van der Waals surface area (Å²) in [5.41, 5.74) is 6.93. The van der Waals surface area contributed by atoms with Gasteiger partial charge < -0.3 is 10.5 Å². The van der Waals surface area contributed by atoms with Crippen molar-refractivity contribution in [2.75, 3.05) is 6.61 Å². The van der Waals surface area contributed by atoms with Crippen LogP contribution < -0.4 is 10.5 Å². The van der Waals surface area contributed by atoms with Crippen LogP contribution in [0, 0.1) is 0 Å². The lowest BCUT2D eigenvalue weighted by atomic mass is 10.2. The van der Waals surface area contributed by atoms with Gasteiger partial charge in [-0.3, -0.25) is 4.79 Å². The molecule has 1 aromatic carbocycles. The van der Waals surface area contributed by atoms with Gasteiger partial charge in [0.2, 0.25) is 11.8 Å². The van der Waals surface area contributed by atoms with Crippen LogP contribution in [0.2, 0.25) is 0 Å². The van der Waals surface area contributed by atoms with Gasteiger partial charge in [-0.15, -0.1) is 0 Å². The van der Waals surface area contributed by atoms with E-state index < -0.39 is 5.91 Å². The van der Waals surface area contributed by atoms with Gasteiger partial charge >= 0.3 is 0 Å². The van der Waals surface area contributed by atoms with Crippen LogP contribution in [0.5, 0.6) is 5.88 Å². The maximum absolute atomic E-state index is 11.0. The molecule has 5 heteroatoms. The Morgan fingerprint density at radius 1 is 1.41 bits per heavy atom. The molecule has 0 bridgehead atoms. The van der Waals surface area contributed by atoms with E-state index in [9.17, 15) is 4.79 Å². The Balaban J connectivity index is 2.36. The molecule has 0 radical (unpaired) electrons. The number of rotatable bonds is 4. The minimum Gasteiger partial charge on any atom is -0.477 e. The summed E-state index contributed by atoms with van der Waals surface area (Å²) in [6.07, 6.45) is 2.46. The smallest absolute Gasteiger partial charge is 0.248 e. The Morgan fingerprint density at radius 2 is 2.24 bits per heavy atom. The van der Waals surface area contributed by atoms with Crippen LogP contribution >= 0.6 is 0 Å². The summed E-state index contributed by atoms with van der Waals surface area (Å²) in [6, 6.07) is 4.96. The van der Waals surface area contributed by atoms with Crippen LogP contribution in [-0.2, 0) is 0 Å². The highest BCUT2D eigenvalue weighted by atomic mass is 16.5. The van der Waals surface area contributed by atoms with Crippen molar-refractivity contribution in [3.63, 3.8) is 0 Å². The average molecular weight is 231 g/mol. The number of carbonyl (C=O) groups is 1. The predicted molar refractivity (Wildman–Crippen MR) is 63.8 cm³/mol. The molecule has 0 aliphatic rings. The number of hydrogen-bond acceptors (Lipinski definition) is 4. The van der Waals surface area contributed by atoms with Gasteiger partial charge in [0, 0.05) is 5.56 Å². The summed E-state index contributed by atoms with van der Waals surface area (Å²) in [4.78, 5) is 19.5. The first-order valence-corrected chi connectivity index (χ1v) is 5.40. The normalized spacial score (nSPS) is 10.4. The molecule has 1 amide bonds. The van der Waals surface area contributed by atoms with E-state index in [2.05, 4.69) is 9.97 Å². The van der Waals surface area contributed by atoms with E-state index in [4.69, 9.17) is 10.5 Å². The molecule has 0 saturated carbocycles. The summed E-state index contributed by atoms with van der Waals surface area (Å²) in [7, 11) is 0. The van der Waals surface area contributed by atoms with E-state index in [1.165, 1.54) is 0 Å². The van der Waals surface area contributed by atoms with Gasteiger partial charge in [0.1, 0.15) is 0 Å². The second-order valence-corrected chi connectivity index (χ2v) is 3.62. The van der Waals surface area contributed by atoms with Gasteiger partial charge in [-0.1, -0.05) is 6.92 Å². The number of nitrogens with zero attached hydrogens (tertiary/aromatic N) is 2. The molecule has 17 heavy (non-hydrogen) atoms. The lowest BCUT2D eigenvalue weighted by Gasteiger charge is -2.04. The Labute approximate surface area is 98.6 Å². The minimum absolute atomic E-state index is 0.425. The van der Waals surface area contributed by atoms with Crippen LogP contribution in [0.15, 0.2) is 24.4 Å². The van der Waals surface area contributed by atoms with Crippen LogP contribution in [0.4, 0.5) is 0 Å². The van der Waals surface area contributed by atoms with Crippen molar-refractivity contribution < 1.29 is 9.53 Å². The lowest BCUT2D eigenvalue weighted by Crippen LogP contribution is -2.10. The molecule has 2 N–H and O–H groups in total. The highest BCUT2D eigenvalue weighted by Gasteiger charge is 2.04. The fraction of sp³-hybridized carbons (Fsp3) is 0.250. The third-order valence-electron chi connectivity index (χ3n) is 2.26. The molecule has 1 aromatic heterocycles. The Kier molecular flexibility index (Phi) is 3.18. The first kappa shape index (κ1) is 11.3. The quantitative estimate of drug-likeness (QED) is 0.865. The fourth-order valence-corrected chi connectivity index (χ4v) is 1.42. The molecule has 0 fully saturated rings. The van der Waals surface area contributed by atoms with Gasteiger partial charge in [0.15, 0.2) is 0 Å². The molecule has 88 valence electrons. The largest absolute Gasteiger partial charge is 0.477 e. The number of aromatic nitrogens is 2. The minimum atomic E-state index is -0.472. The van der Waals surface area contributed by atoms with E-state index in [-0.39, 0.29) is 0 Å². The third kappa shape index (κ3) is 2.50. The summed E-state index contributed by atoms with van der Waals surface area (Å²) in [5.74, 6) is 0.0196. The number of benzene rings is 1. The van der Waals surface area contributed by atoms with Crippen LogP contribution in [0.1, 0.15) is 23.7 Å². The standard InChI is InChI=1S/C12H13N3O2/c1-2-5-17-11-7-14-10-6-8(12(13)16)3-4-9(10)15-11/h3-4,6-7H,2,5H2,1H3,(H2,13,16). The van der Waals surface area contributed by atoms with E-state index in [0.717, 1.165) is 6.42 Å². The summed E-state index contributed by atoms with van der Waals surface area (Å²) in [5, 5.41) is 0. The van der Waals surface area contributed by atoms with Gasteiger partial charge in [-0.05, 0) is 24.6 Å². The average Bonchev–Trinajstić information content (AvgIpc) is 2.35. The van der Waals surface area contributed by atoms with Crippen LogP contribution in [0.25, 0.3) is 11.0 Å². The van der Waals surface area contributed by atoms with Crippen molar-refractivity contribution in [1.82, 2.24) is 9.97 Å². The Morgan fingerprint density at radius 3 is 2.94 bits per heavy atom. The summed E-state index contributed by atoms with van der Waals surface area (Å²) < 4.78 is 5.38. The van der Waals surface area contributed by atoms with Gasteiger partial charge in [0.05, 0.1) is 23.8 Å². The van der Waals surface area contributed by atoms with E-state index in [0.29, 0.717) is 29.1 Å². The zero-order valence-electron chi connectivity index (χ0n) is 9.51. The molecule has 0 saturated heterocycles. The van der Waals surface area contributed by atoms with Crippen molar-refractivity contribution in [3.05, 3.63) is 30.0 Å². The number of primary amides is 1. The van der Waals surface area contributed by atoms with Crippen molar-refractivity contribution >= 4 is 16.9 Å².